The van der Waals surface area contributed by atoms with Crippen LogP contribution in [0.2, 0.25) is 10.0 Å². The van der Waals surface area contributed by atoms with Gasteiger partial charge in [-0.3, -0.25) is 14.4 Å². The fourth-order valence-corrected chi connectivity index (χ4v) is 7.84. The summed E-state index contributed by atoms with van der Waals surface area (Å²) in [6.45, 7) is 7.42. The van der Waals surface area contributed by atoms with Crippen LogP contribution in [0.5, 0.6) is 11.5 Å². The highest BCUT2D eigenvalue weighted by Gasteiger charge is 2.49. The Morgan fingerprint density at radius 2 is 1.45 bits per heavy atom. The Labute approximate surface area is 266 Å². The smallest absolute Gasteiger partial charge is 0.339 e. The second-order valence-corrected chi connectivity index (χ2v) is 15.4. The standard InChI is InChI=1S/C32H33Cl2NO8S/c1-31(2)12-21-28(23(36)14-31)27(29-22(35(21)16-26(38)39)13-32(3,4)15-24(29)37)17-10-20(34)30(25(11-17)42-5)43-44(40,41)19-8-6-18(33)7-9-19/h6-11,27H,12-16H2,1-5H3,(H,38,39). The molecular weight excluding hydrogens is 629 g/mol. The van der Waals surface area contributed by atoms with Crippen LogP contribution in [0, 0.1) is 10.8 Å². The second-order valence-electron chi connectivity index (χ2n) is 13.0. The number of carboxylic acids is 1. The van der Waals surface area contributed by atoms with E-state index in [-0.39, 0.29) is 45.8 Å². The van der Waals surface area contributed by atoms with Crippen molar-refractivity contribution in [1.29, 1.82) is 0 Å². The van der Waals surface area contributed by atoms with Crippen LogP contribution in [0.4, 0.5) is 0 Å². The van der Waals surface area contributed by atoms with Gasteiger partial charge in [-0.1, -0.05) is 50.9 Å². The highest BCUT2D eigenvalue weighted by Crippen LogP contribution is 2.55. The number of allylic oxidation sites excluding steroid dienone is 4. The molecule has 0 amide bonds. The van der Waals surface area contributed by atoms with E-state index in [0.29, 0.717) is 46.0 Å². The SMILES string of the molecule is COc1cc(C2C3=C(CC(C)(C)CC3=O)N(CC(=O)O)C3=C2C(=O)CC(C)(C)C3)cc(Cl)c1OS(=O)(=O)c1ccc(Cl)cc1. The summed E-state index contributed by atoms with van der Waals surface area (Å²) in [5.41, 5.74) is 1.39. The molecule has 2 aromatic rings. The zero-order chi connectivity index (χ0) is 32.4. The Balaban J connectivity index is 1.70. The van der Waals surface area contributed by atoms with Gasteiger partial charge in [-0.15, -0.1) is 0 Å². The largest absolute Gasteiger partial charge is 0.493 e. The zero-order valence-electron chi connectivity index (χ0n) is 25.0. The van der Waals surface area contributed by atoms with Gasteiger partial charge in [0.15, 0.2) is 17.3 Å². The number of nitrogens with zero attached hydrogens (tertiary/aromatic N) is 1. The van der Waals surface area contributed by atoms with Crippen molar-refractivity contribution in [2.24, 2.45) is 10.8 Å². The number of hydrogen-bond acceptors (Lipinski definition) is 8. The van der Waals surface area contributed by atoms with Crippen LogP contribution in [-0.4, -0.2) is 49.6 Å². The van der Waals surface area contributed by atoms with Crippen molar-refractivity contribution in [1.82, 2.24) is 4.90 Å². The molecule has 0 radical (unpaired) electrons. The summed E-state index contributed by atoms with van der Waals surface area (Å²) in [5, 5.41) is 10.1. The van der Waals surface area contributed by atoms with Crippen LogP contribution < -0.4 is 8.92 Å². The van der Waals surface area contributed by atoms with E-state index in [1.165, 1.54) is 43.5 Å². The van der Waals surface area contributed by atoms with Gasteiger partial charge in [0.25, 0.3) is 0 Å². The summed E-state index contributed by atoms with van der Waals surface area (Å²) in [6, 6.07) is 8.42. The fraction of sp³-hybridized carbons (Fsp3) is 0.406. The third-order valence-electron chi connectivity index (χ3n) is 8.20. The van der Waals surface area contributed by atoms with Crippen molar-refractivity contribution < 1.29 is 36.8 Å². The van der Waals surface area contributed by atoms with E-state index in [2.05, 4.69) is 0 Å². The van der Waals surface area contributed by atoms with Crippen molar-refractivity contribution in [2.75, 3.05) is 13.7 Å². The lowest BCUT2D eigenvalue weighted by Crippen LogP contribution is -2.45. The highest BCUT2D eigenvalue weighted by atomic mass is 35.5. The molecule has 0 saturated carbocycles. The Hall–Kier alpha value is -3.34. The molecule has 0 unspecified atom stereocenters. The Morgan fingerprint density at radius 1 is 0.932 bits per heavy atom. The molecular formula is C32H33Cl2NO8S. The number of methoxy groups -OCH3 is 1. The normalized spacial score (nSPS) is 19.9. The monoisotopic (exact) mass is 661 g/mol. The Bertz CT molecular complexity index is 1700. The number of aliphatic carboxylic acids is 1. The van der Waals surface area contributed by atoms with Gasteiger partial charge >= 0.3 is 16.1 Å². The molecule has 9 nitrogen and oxygen atoms in total. The number of carboxylic acid groups (broad SMARTS) is 1. The number of hydrogen-bond donors (Lipinski definition) is 1. The molecule has 0 aromatic heterocycles. The first-order valence-electron chi connectivity index (χ1n) is 14.0. The van der Waals surface area contributed by atoms with Crippen LogP contribution in [0.25, 0.3) is 0 Å². The predicted molar refractivity (Wildman–Crippen MR) is 164 cm³/mol. The molecule has 0 saturated heterocycles. The van der Waals surface area contributed by atoms with Crippen molar-refractivity contribution in [3.63, 3.8) is 0 Å². The molecule has 1 aliphatic heterocycles. The van der Waals surface area contributed by atoms with Gasteiger partial charge in [-0.2, -0.15) is 8.42 Å². The summed E-state index contributed by atoms with van der Waals surface area (Å²) >= 11 is 12.6. The van der Waals surface area contributed by atoms with Crippen molar-refractivity contribution >= 4 is 50.9 Å². The number of ether oxygens (including phenoxy) is 1. The lowest BCUT2D eigenvalue weighted by Gasteiger charge is -2.48. The maximum atomic E-state index is 13.9. The predicted octanol–water partition coefficient (Wildman–Crippen LogP) is 6.54. The molecule has 234 valence electrons. The summed E-state index contributed by atoms with van der Waals surface area (Å²) in [5.74, 6) is -2.60. The number of rotatable bonds is 7. The molecule has 2 aliphatic carbocycles. The second kappa shape index (κ2) is 11.2. The van der Waals surface area contributed by atoms with Gasteiger partial charge in [0.05, 0.1) is 12.1 Å². The molecule has 1 heterocycles. The summed E-state index contributed by atoms with van der Waals surface area (Å²) < 4.78 is 37.2. The first kappa shape index (κ1) is 32.1. The minimum absolute atomic E-state index is 0.0190. The molecule has 0 bridgehead atoms. The number of ketones is 2. The molecule has 1 N–H and O–H groups in total. The van der Waals surface area contributed by atoms with Crippen LogP contribution >= 0.6 is 23.2 Å². The van der Waals surface area contributed by atoms with Crippen LogP contribution in [0.1, 0.15) is 64.9 Å². The molecule has 12 heteroatoms. The zero-order valence-corrected chi connectivity index (χ0v) is 27.3. The third kappa shape index (κ3) is 5.99. The number of carbonyl (C=O) groups is 3. The van der Waals surface area contributed by atoms with E-state index in [1.54, 1.807) is 4.90 Å². The summed E-state index contributed by atoms with van der Waals surface area (Å²) in [4.78, 5) is 41.4. The van der Waals surface area contributed by atoms with E-state index in [1.807, 2.05) is 27.7 Å². The average Bonchev–Trinajstić information content (AvgIpc) is 2.89. The number of Topliss-reactive ketones (excluding diaryl/α,β-unsaturated/α-hetero) is 2. The molecule has 3 aliphatic rings. The number of benzene rings is 2. The van der Waals surface area contributed by atoms with E-state index in [0.717, 1.165) is 0 Å². The van der Waals surface area contributed by atoms with Gasteiger partial charge in [0.2, 0.25) is 5.75 Å². The van der Waals surface area contributed by atoms with Crippen molar-refractivity contribution in [2.45, 2.75) is 64.2 Å². The van der Waals surface area contributed by atoms with Crippen molar-refractivity contribution in [3.8, 4) is 11.5 Å². The minimum atomic E-state index is -4.34. The van der Waals surface area contributed by atoms with Gasteiger partial charge in [0, 0.05) is 46.3 Å². The maximum absolute atomic E-state index is 13.9. The molecule has 0 fully saturated rings. The molecule has 2 aromatic carbocycles. The quantitative estimate of drug-likeness (QED) is 0.329. The topological polar surface area (TPSA) is 127 Å². The van der Waals surface area contributed by atoms with Gasteiger partial charge in [-0.05, 0) is 65.6 Å². The summed E-state index contributed by atoms with van der Waals surface area (Å²) in [7, 11) is -3.01. The lowest BCUT2D eigenvalue weighted by atomic mass is 9.63. The highest BCUT2D eigenvalue weighted by molar-refractivity contribution is 7.87. The minimum Gasteiger partial charge on any atom is -0.493 e. The molecule has 44 heavy (non-hydrogen) atoms. The van der Waals surface area contributed by atoms with Gasteiger partial charge in [-0.25, -0.2) is 0 Å². The Morgan fingerprint density at radius 3 is 1.93 bits per heavy atom. The van der Waals surface area contributed by atoms with Gasteiger partial charge in [0.1, 0.15) is 11.4 Å². The summed E-state index contributed by atoms with van der Waals surface area (Å²) in [6.07, 6.45) is 1.26. The first-order valence-corrected chi connectivity index (χ1v) is 16.2. The lowest BCUT2D eigenvalue weighted by molar-refractivity contribution is -0.138. The van der Waals surface area contributed by atoms with E-state index < -0.39 is 39.4 Å². The first-order chi connectivity index (χ1) is 20.4. The molecule has 0 atom stereocenters. The van der Waals surface area contributed by atoms with Crippen LogP contribution in [0.15, 0.2) is 63.8 Å². The van der Waals surface area contributed by atoms with Crippen LogP contribution in [0.3, 0.4) is 0 Å². The van der Waals surface area contributed by atoms with E-state index in [9.17, 15) is 27.9 Å². The van der Waals surface area contributed by atoms with Crippen molar-refractivity contribution in [3.05, 3.63) is 74.5 Å². The number of halogens is 2. The van der Waals surface area contributed by atoms with Gasteiger partial charge < -0.3 is 18.9 Å². The fourth-order valence-electron chi connectivity index (χ4n) is 6.45. The van der Waals surface area contributed by atoms with E-state index in [4.69, 9.17) is 32.1 Å². The number of carbonyl (C=O) groups excluding carboxylic acids is 2. The van der Waals surface area contributed by atoms with Crippen LogP contribution in [-0.2, 0) is 24.5 Å². The third-order valence-corrected chi connectivity index (χ3v) is 9.96. The van der Waals surface area contributed by atoms with E-state index >= 15 is 0 Å². The average molecular weight is 663 g/mol. The Kier molecular flexibility index (Phi) is 8.18. The molecule has 0 spiro atoms. The maximum Gasteiger partial charge on any atom is 0.339 e. The molecule has 5 rings (SSSR count).